The number of phenolic OH excluding ortho intramolecular Hbond substituents is 3. The van der Waals surface area contributed by atoms with Crippen molar-refractivity contribution in [3.05, 3.63) is 71.7 Å². The van der Waals surface area contributed by atoms with E-state index in [1.807, 2.05) is 0 Å². The maximum atomic E-state index is 12.1. The van der Waals surface area contributed by atoms with Crippen molar-refractivity contribution in [2.24, 2.45) is 5.10 Å². The fourth-order valence-electron chi connectivity index (χ4n) is 3.00. The quantitative estimate of drug-likeness (QED) is 0.518. The fraction of sp³-hybridized carbons (Fsp3) is 0.100. The Morgan fingerprint density at radius 1 is 1.07 bits per heavy atom. The first-order valence-electron chi connectivity index (χ1n) is 8.43. The van der Waals surface area contributed by atoms with E-state index in [-0.39, 0.29) is 40.7 Å². The van der Waals surface area contributed by atoms with Crippen LogP contribution in [0.25, 0.3) is 0 Å². The highest BCUT2D eigenvalue weighted by atomic mass is 16.5. The summed E-state index contributed by atoms with van der Waals surface area (Å²) in [5.41, 5.74) is 3.82. The summed E-state index contributed by atoms with van der Waals surface area (Å²) in [5, 5.41) is 33.7. The molecule has 1 atom stereocenters. The highest BCUT2D eigenvalue weighted by Crippen LogP contribution is 2.42. The molecule has 2 aromatic carbocycles. The van der Waals surface area contributed by atoms with Crippen molar-refractivity contribution >= 4 is 11.6 Å². The van der Waals surface area contributed by atoms with Gasteiger partial charge in [0.05, 0.1) is 17.5 Å². The zero-order chi connectivity index (χ0) is 19.7. The molecule has 28 heavy (non-hydrogen) atoms. The molecule has 8 heteroatoms. The molecule has 1 aromatic heterocycles. The van der Waals surface area contributed by atoms with Gasteiger partial charge in [0, 0.05) is 18.6 Å². The van der Waals surface area contributed by atoms with Crippen molar-refractivity contribution in [2.45, 2.75) is 12.5 Å². The van der Waals surface area contributed by atoms with Crippen LogP contribution in [0.1, 0.15) is 34.2 Å². The van der Waals surface area contributed by atoms with Gasteiger partial charge in [-0.1, -0.05) is 12.1 Å². The molecule has 0 unspecified atom stereocenters. The normalized spacial score (nSPS) is 17.0. The molecule has 0 aliphatic carbocycles. The lowest BCUT2D eigenvalue weighted by atomic mass is 9.94. The predicted octanol–water partition coefficient (Wildman–Crippen LogP) is 3.05. The number of nitrogens with zero attached hydrogens (tertiary/aromatic N) is 1. The maximum absolute atomic E-state index is 12.1. The second-order valence-corrected chi connectivity index (χ2v) is 6.22. The lowest BCUT2D eigenvalue weighted by molar-refractivity contribution is 0.0926. The fourth-order valence-corrected chi connectivity index (χ4v) is 3.00. The minimum atomic E-state index is -0.537. The molecule has 1 aliphatic heterocycles. The average Bonchev–Trinajstić information content (AvgIpc) is 3.20. The summed E-state index contributed by atoms with van der Waals surface area (Å²) in [6.45, 7) is 0. The molecule has 8 nitrogen and oxygen atoms in total. The number of hydrogen-bond donors (Lipinski definition) is 4. The highest BCUT2D eigenvalue weighted by molar-refractivity contribution is 6.07. The van der Waals surface area contributed by atoms with Gasteiger partial charge in [-0.2, -0.15) is 5.10 Å². The van der Waals surface area contributed by atoms with Gasteiger partial charge in [0.25, 0.3) is 0 Å². The lowest BCUT2D eigenvalue weighted by Gasteiger charge is -2.28. The minimum absolute atomic E-state index is 0.0987. The topological polar surface area (TPSA) is 125 Å². The van der Waals surface area contributed by atoms with Gasteiger partial charge in [0.1, 0.15) is 29.1 Å². The van der Waals surface area contributed by atoms with Crippen molar-refractivity contribution in [3.63, 3.8) is 0 Å². The van der Waals surface area contributed by atoms with Gasteiger partial charge in [-0.25, -0.2) is 5.43 Å². The van der Waals surface area contributed by atoms with E-state index in [2.05, 4.69) is 10.5 Å². The Morgan fingerprint density at radius 3 is 2.57 bits per heavy atom. The molecule has 2 heterocycles. The Hall–Kier alpha value is -3.94. The Labute approximate surface area is 159 Å². The first-order valence-corrected chi connectivity index (χ1v) is 8.43. The number of carbonyl (C=O) groups is 1. The van der Waals surface area contributed by atoms with Crippen LogP contribution < -0.4 is 10.2 Å². The van der Waals surface area contributed by atoms with Crippen LogP contribution in [0.5, 0.6) is 23.0 Å². The number of hydrogen-bond acceptors (Lipinski definition) is 7. The first kappa shape index (κ1) is 17.5. The number of carbonyl (C=O) groups excluding carboxylic acids is 1. The van der Waals surface area contributed by atoms with E-state index in [0.717, 1.165) is 5.56 Å². The molecule has 4 N–H and O–H groups in total. The van der Waals surface area contributed by atoms with Crippen LogP contribution >= 0.6 is 0 Å². The summed E-state index contributed by atoms with van der Waals surface area (Å²) in [7, 11) is 0. The molecule has 0 saturated heterocycles. The van der Waals surface area contributed by atoms with Crippen molar-refractivity contribution in [1.29, 1.82) is 0 Å². The van der Waals surface area contributed by atoms with Crippen LogP contribution in [0.4, 0.5) is 0 Å². The summed E-state index contributed by atoms with van der Waals surface area (Å²) >= 11 is 0. The average molecular weight is 380 g/mol. The van der Waals surface area contributed by atoms with Crippen LogP contribution in [0.3, 0.4) is 0 Å². The third-order valence-electron chi connectivity index (χ3n) is 4.30. The number of benzene rings is 2. The zero-order valence-corrected chi connectivity index (χ0v) is 14.5. The smallest absolute Gasteiger partial charge is 0.307 e. The second-order valence-electron chi connectivity index (χ2n) is 6.22. The maximum Gasteiger partial charge on any atom is 0.307 e. The molecule has 0 spiro atoms. The standard InChI is InChI=1S/C20H16N2O6/c23-12-5-3-11(4-6-12)17-10-14(21-22-20(26)16-2-1-7-27-16)19-15(25)8-13(24)9-18(19)28-17/h1-9,17,23-25H,10H2,(H,22,26)/b21-14+/t17-/m0/s1. The zero-order valence-electron chi connectivity index (χ0n) is 14.5. The number of amides is 1. The second kappa shape index (κ2) is 6.99. The SMILES string of the molecule is O=C(N/N=C1\C[C@@H](c2ccc(O)cc2)Oc2cc(O)cc(O)c21)c1ccco1. The first-order chi connectivity index (χ1) is 13.5. The monoisotopic (exact) mass is 380 g/mol. The molecular formula is C20H16N2O6. The summed E-state index contributed by atoms with van der Waals surface area (Å²) < 4.78 is 10.9. The molecule has 1 amide bonds. The number of furan rings is 1. The van der Waals surface area contributed by atoms with Gasteiger partial charge in [-0.3, -0.25) is 4.79 Å². The molecule has 0 saturated carbocycles. The Balaban J connectivity index is 1.70. The van der Waals surface area contributed by atoms with Crippen LogP contribution in [0.15, 0.2) is 64.3 Å². The van der Waals surface area contributed by atoms with Gasteiger partial charge in [-0.05, 0) is 29.8 Å². The number of ether oxygens (including phenoxy) is 1. The number of aromatic hydroxyl groups is 3. The number of phenols is 3. The summed E-state index contributed by atoms with van der Waals surface area (Å²) in [6, 6.07) is 12.1. The molecule has 0 bridgehead atoms. The van der Waals surface area contributed by atoms with E-state index in [1.165, 1.54) is 36.6 Å². The van der Waals surface area contributed by atoms with Gasteiger partial charge in [0.2, 0.25) is 0 Å². The number of rotatable bonds is 3. The highest BCUT2D eigenvalue weighted by Gasteiger charge is 2.30. The Bertz CT molecular complexity index is 1040. The van der Waals surface area contributed by atoms with Crippen molar-refractivity contribution in [2.75, 3.05) is 0 Å². The van der Waals surface area contributed by atoms with Gasteiger partial charge >= 0.3 is 5.91 Å². The van der Waals surface area contributed by atoms with Crippen LogP contribution in [-0.2, 0) is 0 Å². The van der Waals surface area contributed by atoms with E-state index < -0.39 is 12.0 Å². The Kier molecular flexibility index (Phi) is 4.36. The van der Waals surface area contributed by atoms with Crippen molar-refractivity contribution in [1.82, 2.24) is 5.43 Å². The molecule has 142 valence electrons. The van der Waals surface area contributed by atoms with E-state index >= 15 is 0 Å². The molecule has 4 rings (SSSR count). The minimum Gasteiger partial charge on any atom is -0.508 e. The molecule has 3 aromatic rings. The van der Waals surface area contributed by atoms with Crippen molar-refractivity contribution < 1.29 is 29.3 Å². The van der Waals surface area contributed by atoms with E-state index in [1.54, 1.807) is 18.2 Å². The number of fused-ring (bicyclic) bond motifs is 1. The van der Waals surface area contributed by atoms with Gasteiger partial charge in [0.15, 0.2) is 5.76 Å². The summed E-state index contributed by atoms with van der Waals surface area (Å²) in [6.07, 6.45) is 1.13. The van der Waals surface area contributed by atoms with Crippen molar-refractivity contribution in [3.8, 4) is 23.0 Å². The van der Waals surface area contributed by atoms with Crippen LogP contribution in [0.2, 0.25) is 0 Å². The Morgan fingerprint density at radius 2 is 1.86 bits per heavy atom. The molecular weight excluding hydrogens is 364 g/mol. The van der Waals surface area contributed by atoms with Gasteiger partial charge in [-0.15, -0.1) is 0 Å². The number of nitrogens with one attached hydrogen (secondary N) is 1. The molecule has 0 radical (unpaired) electrons. The van der Waals surface area contributed by atoms with E-state index in [0.29, 0.717) is 5.71 Å². The van der Waals surface area contributed by atoms with E-state index in [9.17, 15) is 20.1 Å². The van der Waals surface area contributed by atoms with Crippen LogP contribution in [0, 0.1) is 0 Å². The van der Waals surface area contributed by atoms with Crippen LogP contribution in [-0.4, -0.2) is 26.9 Å². The van der Waals surface area contributed by atoms with E-state index in [4.69, 9.17) is 9.15 Å². The summed E-state index contributed by atoms with van der Waals surface area (Å²) in [5.74, 6) is -0.471. The predicted molar refractivity (Wildman–Crippen MR) is 98.6 cm³/mol. The third kappa shape index (κ3) is 3.35. The molecule has 1 aliphatic rings. The summed E-state index contributed by atoms with van der Waals surface area (Å²) in [4.78, 5) is 12.1. The van der Waals surface area contributed by atoms with Gasteiger partial charge < -0.3 is 24.5 Å². The molecule has 0 fully saturated rings. The third-order valence-corrected chi connectivity index (χ3v) is 4.30. The lowest BCUT2D eigenvalue weighted by Crippen LogP contribution is -2.25. The largest absolute Gasteiger partial charge is 0.508 e. The number of hydrazone groups is 1.